The third-order valence-corrected chi connectivity index (χ3v) is 13.1. The van der Waals surface area contributed by atoms with Gasteiger partial charge in [0.15, 0.2) is 19.8 Å². The fourth-order valence-corrected chi connectivity index (χ4v) is 6.14. The van der Waals surface area contributed by atoms with Crippen LogP contribution in [0.5, 0.6) is 11.5 Å². The van der Waals surface area contributed by atoms with E-state index in [1.807, 2.05) is 35.7 Å². The van der Waals surface area contributed by atoms with Crippen LogP contribution in [0.15, 0.2) is 65.4 Å². The van der Waals surface area contributed by atoms with Crippen LogP contribution in [0.3, 0.4) is 0 Å². The Kier molecular flexibility index (Phi) is 9.36. The highest BCUT2D eigenvalue weighted by molar-refractivity contribution is 7.08. The fourth-order valence-electron chi connectivity index (χ4n) is 4.43. The Morgan fingerprint density at radius 3 is 2.49 bits per heavy atom. The van der Waals surface area contributed by atoms with E-state index in [1.165, 1.54) is 19.2 Å². The summed E-state index contributed by atoms with van der Waals surface area (Å²) >= 11 is 1.63. The van der Waals surface area contributed by atoms with Gasteiger partial charge < -0.3 is 18.8 Å². The van der Waals surface area contributed by atoms with Gasteiger partial charge in [0.2, 0.25) is 0 Å². The van der Waals surface area contributed by atoms with E-state index in [4.69, 9.17) is 13.9 Å². The van der Waals surface area contributed by atoms with Crippen molar-refractivity contribution in [1.29, 1.82) is 0 Å². The van der Waals surface area contributed by atoms with Crippen molar-refractivity contribution in [2.45, 2.75) is 58.0 Å². The molecule has 2 heterocycles. The smallest absolute Gasteiger partial charge is 0.286 e. The lowest BCUT2D eigenvalue weighted by Gasteiger charge is -2.40. The molecule has 0 saturated carbocycles. The molecule has 1 aliphatic heterocycles. The Morgan fingerprint density at radius 2 is 1.88 bits per heavy atom. The van der Waals surface area contributed by atoms with E-state index in [9.17, 15) is 14.9 Å². The summed E-state index contributed by atoms with van der Waals surface area (Å²) in [6.07, 6.45) is 2.72. The molecule has 0 spiro atoms. The molecular weight excluding hydrogens is 557 g/mol. The summed E-state index contributed by atoms with van der Waals surface area (Å²) < 4.78 is 18.0. The number of nitro groups is 1. The second-order valence-corrected chi connectivity index (χ2v) is 17.2. The van der Waals surface area contributed by atoms with Crippen LogP contribution < -0.4 is 9.47 Å². The van der Waals surface area contributed by atoms with Crippen LogP contribution in [-0.4, -0.2) is 50.4 Å². The van der Waals surface area contributed by atoms with Crippen molar-refractivity contribution in [1.82, 2.24) is 4.90 Å². The number of hydrogen-bond donors (Lipinski definition) is 0. The van der Waals surface area contributed by atoms with Crippen LogP contribution in [-0.2, 0) is 11.0 Å². The normalized spacial score (nSPS) is 15.8. The van der Waals surface area contributed by atoms with E-state index in [1.54, 1.807) is 16.2 Å². The number of hydrogen-bond acceptors (Lipinski definition) is 7. The minimum Gasteiger partial charge on any atom is -0.493 e. The van der Waals surface area contributed by atoms with Gasteiger partial charge in [0.05, 0.1) is 30.7 Å². The summed E-state index contributed by atoms with van der Waals surface area (Å²) in [7, 11) is -0.663. The summed E-state index contributed by atoms with van der Waals surface area (Å²) in [5.74, 6) is 0.0280. The van der Waals surface area contributed by atoms with Gasteiger partial charge in [-0.2, -0.15) is 11.3 Å². The van der Waals surface area contributed by atoms with Crippen molar-refractivity contribution >= 4 is 36.8 Å². The summed E-state index contributed by atoms with van der Waals surface area (Å²) in [4.78, 5) is 27.4. The standard InChI is InChI=1S/C31H38N2O6SSi/c1-31(2,3)41(5,6)39-20-25-16-23(24-13-15-40-21-24)12-14-32(25)30(34)26-17-28(37-4)29(18-27(26)33(35)36)38-19-22-10-8-7-9-11-22/h7-11,13,15-18,21,25H,12,14,19-20H2,1-6H3/t25-/m0/s1. The van der Waals surface area contributed by atoms with Crippen molar-refractivity contribution in [2.24, 2.45) is 0 Å². The molecule has 3 aromatic rings. The quantitative estimate of drug-likeness (QED) is 0.137. The first-order chi connectivity index (χ1) is 19.4. The van der Waals surface area contributed by atoms with Gasteiger partial charge in [-0.15, -0.1) is 0 Å². The topological polar surface area (TPSA) is 91.1 Å². The third kappa shape index (κ3) is 7.06. The van der Waals surface area contributed by atoms with Gasteiger partial charge >= 0.3 is 0 Å². The molecule has 1 aliphatic rings. The van der Waals surface area contributed by atoms with Gasteiger partial charge in [-0.1, -0.05) is 57.2 Å². The third-order valence-electron chi connectivity index (χ3n) is 7.94. The number of carbonyl (C=O) groups excluding carboxylic acids is 1. The van der Waals surface area contributed by atoms with Crippen molar-refractivity contribution in [2.75, 3.05) is 20.3 Å². The molecule has 0 bridgehead atoms. The van der Waals surface area contributed by atoms with Gasteiger partial charge in [-0.3, -0.25) is 14.9 Å². The Morgan fingerprint density at radius 1 is 1.15 bits per heavy atom. The molecule has 0 radical (unpaired) electrons. The predicted molar refractivity (Wildman–Crippen MR) is 165 cm³/mol. The number of rotatable bonds is 10. The van der Waals surface area contributed by atoms with Crippen molar-refractivity contribution < 1.29 is 23.6 Å². The van der Waals surface area contributed by atoms with Gasteiger partial charge in [0.1, 0.15) is 12.2 Å². The first kappa shape index (κ1) is 30.5. The lowest BCUT2D eigenvalue weighted by atomic mass is 9.97. The zero-order valence-electron chi connectivity index (χ0n) is 24.5. The highest BCUT2D eigenvalue weighted by Gasteiger charge is 2.39. The number of amides is 1. The molecule has 0 N–H and O–H groups in total. The molecule has 0 saturated heterocycles. The summed E-state index contributed by atoms with van der Waals surface area (Å²) in [6.45, 7) is 11.8. The number of ether oxygens (including phenoxy) is 2. The zero-order chi connectivity index (χ0) is 29.8. The van der Waals surface area contributed by atoms with Gasteiger partial charge in [-0.25, -0.2) is 0 Å². The number of benzene rings is 2. The second kappa shape index (κ2) is 12.6. The minimum atomic E-state index is -2.12. The van der Waals surface area contributed by atoms with Crippen LogP contribution in [0.4, 0.5) is 5.69 Å². The SMILES string of the molecule is COc1cc(C(=O)N2CCC(c3ccsc3)=C[C@H]2CO[Si](C)(C)C(C)(C)C)c([N+](=O)[O-])cc1OCc1ccccc1. The van der Waals surface area contributed by atoms with Crippen LogP contribution in [0.1, 0.15) is 48.7 Å². The van der Waals surface area contributed by atoms with Gasteiger partial charge in [0, 0.05) is 12.6 Å². The molecule has 218 valence electrons. The number of nitro benzene ring substituents is 1. The molecule has 41 heavy (non-hydrogen) atoms. The molecule has 0 unspecified atom stereocenters. The van der Waals surface area contributed by atoms with Crippen molar-refractivity contribution in [3.05, 3.63) is 92.2 Å². The second-order valence-electron chi connectivity index (χ2n) is 11.6. The first-order valence-corrected chi connectivity index (χ1v) is 17.5. The Hall–Kier alpha value is -3.47. The molecule has 1 aromatic heterocycles. The molecule has 0 fully saturated rings. The first-order valence-electron chi connectivity index (χ1n) is 13.6. The molecule has 8 nitrogen and oxygen atoms in total. The van der Waals surface area contributed by atoms with E-state index in [0.717, 1.165) is 16.7 Å². The highest BCUT2D eigenvalue weighted by atomic mass is 32.1. The van der Waals surface area contributed by atoms with Crippen molar-refractivity contribution in [3.63, 3.8) is 0 Å². The summed E-state index contributed by atoms with van der Waals surface area (Å²) in [5.41, 5.74) is 2.82. The number of methoxy groups -OCH3 is 1. The Bertz CT molecular complexity index is 1400. The number of nitrogens with zero attached hydrogens (tertiary/aromatic N) is 2. The molecule has 4 rings (SSSR count). The van der Waals surface area contributed by atoms with Crippen molar-refractivity contribution in [3.8, 4) is 11.5 Å². The maximum absolute atomic E-state index is 14.1. The van der Waals surface area contributed by atoms with E-state index >= 15 is 0 Å². The number of carbonyl (C=O) groups is 1. The van der Waals surface area contributed by atoms with E-state index in [2.05, 4.69) is 51.4 Å². The Labute approximate surface area is 246 Å². The molecule has 0 aliphatic carbocycles. The average molecular weight is 595 g/mol. The van der Waals surface area contributed by atoms with E-state index in [-0.39, 0.29) is 40.4 Å². The van der Waals surface area contributed by atoms with Crippen LogP contribution >= 0.6 is 11.3 Å². The predicted octanol–water partition coefficient (Wildman–Crippen LogP) is 7.56. The molecule has 2 aromatic carbocycles. The average Bonchev–Trinajstić information content (AvgIpc) is 3.49. The zero-order valence-corrected chi connectivity index (χ0v) is 26.3. The Balaban J connectivity index is 1.67. The van der Waals surface area contributed by atoms with Gasteiger partial charge in [-0.05, 0) is 58.1 Å². The molecule has 10 heteroatoms. The maximum Gasteiger partial charge on any atom is 0.286 e. The highest BCUT2D eigenvalue weighted by Crippen LogP contribution is 2.39. The molecule has 1 atom stereocenters. The molecule has 1 amide bonds. The van der Waals surface area contributed by atoms with E-state index < -0.39 is 19.1 Å². The monoisotopic (exact) mass is 594 g/mol. The van der Waals surface area contributed by atoms with Crippen LogP contribution in [0.25, 0.3) is 5.57 Å². The van der Waals surface area contributed by atoms with E-state index in [0.29, 0.717) is 19.6 Å². The number of thiophene rings is 1. The maximum atomic E-state index is 14.1. The largest absolute Gasteiger partial charge is 0.493 e. The minimum absolute atomic E-state index is 0.00184. The fraction of sp³-hybridized carbons (Fsp3) is 0.387. The summed E-state index contributed by atoms with van der Waals surface area (Å²) in [6, 6.07) is 13.9. The van der Waals surface area contributed by atoms with Crippen LogP contribution in [0.2, 0.25) is 18.1 Å². The molecular formula is C31H38N2O6SSi. The van der Waals surface area contributed by atoms with Gasteiger partial charge in [0.25, 0.3) is 11.6 Å². The van der Waals surface area contributed by atoms with Crippen LogP contribution in [0, 0.1) is 10.1 Å². The summed E-state index contributed by atoms with van der Waals surface area (Å²) in [5, 5.41) is 16.3. The lowest BCUT2D eigenvalue weighted by molar-refractivity contribution is -0.385. The lowest BCUT2D eigenvalue weighted by Crippen LogP contribution is -2.49.